The van der Waals surface area contributed by atoms with E-state index in [1.165, 1.54) is 0 Å². The molecule has 2 aliphatic rings. The Labute approximate surface area is 164 Å². The van der Waals surface area contributed by atoms with Gasteiger partial charge in [-0.2, -0.15) is 0 Å². The van der Waals surface area contributed by atoms with Gasteiger partial charge in [-0.1, -0.05) is 0 Å². The number of carbonyl (C=O) groups is 2. The van der Waals surface area contributed by atoms with Crippen LogP contribution >= 0.6 is 0 Å². The second-order valence-electron chi connectivity index (χ2n) is 8.00. The zero-order valence-corrected chi connectivity index (χ0v) is 16.2. The molecule has 4 rings (SSSR count). The molecule has 1 amide bonds. The molecule has 1 aromatic carbocycles. The van der Waals surface area contributed by atoms with Gasteiger partial charge in [0.05, 0.1) is 11.7 Å². The molecule has 0 atom stereocenters. The molecule has 2 aliphatic carbocycles. The van der Waals surface area contributed by atoms with Crippen LogP contribution in [0, 0.1) is 6.92 Å². The first-order chi connectivity index (χ1) is 13.4. The lowest BCUT2D eigenvalue weighted by atomic mass is 9.92. The third kappa shape index (κ3) is 3.44. The largest absolute Gasteiger partial charge is 0.393 e. The minimum absolute atomic E-state index is 0.205. The maximum atomic E-state index is 12.3. The summed E-state index contributed by atoms with van der Waals surface area (Å²) in [5, 5.41) is 13.2. The summed E-state index contributed by atoms with van der Waals surface area (Å²) in [4.78, 5) is 24.2. The number of ketones is 1. The van der Waals surface area contributed by atoms with Crippen molar-refractivity contribution >= 4 is 17.4 Å². The fourth-order valence-electron chi connectivity index (χ4n) is 4.53. The van der Waals surface area contributed by atoms with Gasteiger partial charge in [-0.25, -0.2) is 0 Å². The highest BCUT2D eigenvalue weighted by Gasteiger charge is 2.25. The summed E-state index contributed by atoms with van der Waals surface area (Å²) < 4.78 is 2.12. The second-order valence-corrected chi connectivity index (χ2v) is 8.00. The molecule has 0 aliphatic heterocycles. The fraction of sp³-hybridized carbons (Fsp3) is 0.455. The van der Waals surface area contributed by atoms with Gasteiger partial charge in [0.1, 0.15) is 0 Å². The second kappa shape index (κ2) is 7.43. The summed E-state index contributed by atoms with van der Waals surface area (Å²) >= 11 is 0. The molecule has 1 heterocycles. The number of hydrogen-bond acceptors (Lipinski definition) is 4. The molecular formula is C22H27N3O3. The van der Waals surface area contributed by atoms with Crippen LogP contribution < -0.4 is 11.1 Å². The molecule has 1 fully saturated rings. The van der Waals surface area contributed by atoms with Gasteiger partial charge in [-0.05, 0) is 69.7 Å². The number of nitrogens with zero attached hydrogens (tertiary/aromatic N) is 1. The van der Waals surface area contributed by atoms with E-state index < -0.39 is 5.91 Å². The van der Waals surface area contributed by atoms with Gasteiger partial charge in [0.15, 0.2) is 5.78 Å². The molecule has 0 spiro atoms. The van der Waals surface area contributed by atoms with Crippen LogP contribution in [0.5, 0.6) is 0 Å². The average Bonchev–Trinajstić information content (AvgIpc) is 3.01. The zero-order valence-electron chi connectivity index (χ0n) is 16.2. The monoisotopic (exact) mass is 381 g/mol. The van der Waals surface area contributed by atoms with Crippen LogP contribution in [-0.4, -0.2) is 33.5 Å². The Hall–Kier alpha value is -2.60. The lowest BCUT2D eigenvalue weighted by molar-refractivity contribution is 0.0970. The van der Waals surface area contributed by atoms with Crippen molar-refractivity contribution in [2.24, 2.45) is 5.73 Å². The first kappa shape index (κ1) is 18.7. The number of primary amides is 1. The number of nitrogens with two attached hydrogens (primary N) is 1. The SMILES string of the molecule is Cc1cc2c(n1-c1ccc(C(N)=O)c(NC3CCC(O)CC3)c1)CCCC2=O. The Kier molecular flexibility index (Phi) is 4.98. The van der Waals surface area contributed by atoms with Crippen LogP contribution in [0.15, 0.2) is 24.3 Å². The molecule has 2 aromatic rings. The lowest BCUT2D eigenvalue weighted by Crippen LogP contribution is -2.29. The van der Waals surface area contributed by atoms with E-state index in [9.17, 15) is 14.7 Å². The Bertz CT molecular complexity index is 923. The van der Waals surface area contributed by atoms with Crippen LogP contribution in [0.25, 0.3) is 5.69 Å². The topological polar surface area (TPSA) is 97.3 Å². The standard InChI is InChI=1S/C22H27N3O3/c1-13-11-18-20(3-2-4-21(18)27)25(13)15-7-10-17(22(23)28)19(12-15)24-14-5-8-16(26)9-6-14/h7,10-12,14,16,24,26H,2-6,8-9H2,1H3,(H2,23,28). The van der Waals surface area contributed by atoms with Crippen LogP contribution in [0.4, 0.5) is 5.69 Å². The van der Waals surface area contributed by atoms with Crippen LogP contribution in [-0.2, 0) is 6.42 Å². The van der Waals surface area contributed by atoms with Gasteiger partial charge in [-0.3, -0.25) is 9.59 Å². The average molecular weight is 381 g/mol. The Morgan fingerprint density at radius 3 is 2.64 bits per heavy atom. The summed E-state index contributed by atoms with van der Waals surface area (Å²) in [5.41, 5.74) is 10.6. The third-order valence-electron chi connectivity index (χ3n) is 5.99. The summed E-state index contributed by atoms with van der Waals surface area (Å²) in [6.07, 6.45) is 5.35. The van der Waals surface area contributed by atoms with Crippen molar-refractivity contribution in [2.75, 3.05) is 5.32 Å². The van der Waals surface area contributed by atoms with E-state index in [-0.39, 0.29) is 17.9 Å². The summed E-state index contributed by atoms with van der Waals surface area (Å²) in [6, 6.07) is 7.78. The van der Waals surface area contributed by atoms with Gasteiger partial charge in [-0.15, -0.1) is 0 Å². The van der Waals surface area contributed by atoms with E-state index in [1.807, 2.05) is 25.1 Å². The van der Waals surface area contributed by atoms with Gasteiger partial charge >= 0.3 is 0 Å². The molecule has 6 heteroatoms. The number of aliphatic hydroxyl groups excluding tert-OH is 1. The van der Waals surface area contributed by atoms with Crippen LogP contribution in [0.2, 0.25) is 0 Å². The maximum absolute atomic E-state index is 12.3. The Morgan fingerprint density at radius 1 is 1.18 bits per heavy atom. The number of aryl methyl sites for hydroxylation is 1. The molecule has 1 aromatic heterocycles. The van der Waals surface area contributed by atoms with Crippen molar-refractivity contribution in [1.29, 1.82) is 0 Å². The third-order valence-corrected chi connectivity index (χ3v) is 5.99. The summed E-state index contributed by atoms with van der Waals surface area (Å²) in [7, 11) is 0. The molecule has 1 saturated carbocycles. The number of fused-ring (bicyclic) bond motifs is 1. The predicted molar refractivity (Wildman–Crippen MR) is 108 cm³/mol. The van der Waals surface area contributed by atoms with E-state index in [2.05, 4.69) is 9.88 Å². The van der Waals surface area contributed by atoms with Crippen molar-refractivity contribution < 1.29 is 14.7 Å². The van der Waals surface area contributed by atoms with Gasteiger partial charge in [0, 0.05) is 40.8 Å². The van der Waals surface area contributed by atoms with E-state index in [4.69, 9.17) is 5.73 Å². The highest BCUT2D eigenvalue weighted by molar-refractivity contribution is 6.00. The van der Waals surface area contributed by atoms with E-state index >= 15 is 0 Å². The number of anilines is 1. The number of nitrogens with one attached hydrogen (secondary N) is 1. The summed E-state index contributed by atoms with van der Waals surface area (Å²) in [5.74, 6) is -0.262. The molecule has 148 valence electrons. The van der Waals surface area contributed by atoms with E-state index in [0.717, 1.165) is 66.9 Å². The first-order valence-electron chi connectivity index (χ1n) is 10.1. The number of aromatic nitrogens is 1. The quantitative estimate of drug-likeness (QED) is 0.758. The molecule has 0 bridgehead atoms. The molecule has 6 nitrogen and oxygen atoms in total. The number of rotatable bonds is 4. The molecule has 4 N–H and O–H groups in total. The van der Waals surface area contributed by atoms with Crippen LogP contribution in [0.3, 0.4) is 0 Å². The molecule has 0 radical (unpaired) electrons. The van der Waals surface area contributed by atoms with E-state index in [0.29, 0.717) is 12.0 Å². The minimum Gasteiger partial charge on any atom is -0.393 e. The minimum atomic E-state index is -0.466. The van der Waals surface area contributed by atoms with Crippen molar-refractivity contribution in [3.05, 3.63) is 46.8 Å². The fourth-order valence-corrected chi connectivity index (χ4v) is 4.53. The summed E-state index contributed by atoms with van der Waals surface area (Å²) in [6.45, 7) is 2.00. The molecule has 0 unspecified atom stereocenters. The van der Waals surface area contributed by atoms with E-state index in [1.54, 1.807) is 6.07 Å². The van der Waals surface area contributed by atoms with Crippen molar-refractivity contribution in [1.82, 2.24) is 4.57 Å². The van der Waals surface area contributed by atoms with Crippen LogP contribution in [0.1, 0.15) is 70.6 Å². The molecule has 0 saturated heterocycles. The zero-order chi connectivity index (χ0) is 19.8. The van der Waals surface area contributed by atoms with Gasteiger partial charge in [0.2, 0.25) is 0 Å². The van der Waals surface area contributed by atoms with Crippen molar-refractivity contribution in [3.8, 4) is 5.69 Å². The highest BCUT2D eigenvalue weighted by Crippen LogP contribution is 2.31. The normalized spacial score (nSPS) is 22.0. The Morgan fingerprint density at radius 2 is 1.93 bits per heavy atom. The number of benzene rings is 1. The van der Waals surface area contributed by atoms with Gasteiger partial charge < -0.3 is 20.7 Å². The lowest BCUT2D eigenvalue weighted by Gasteiger charge is -2.28. The number of carbonyl (C=O) groups excluding carboxylic acids is 2. The van der Waals surface area contributed by atoms with Gasteiger partial charge in [0.25, 0.3) is 5.91 Å². The number of aliphatic hydroxyl groups is 1. The van der Waals surface area contributed by atoms with Crippen molar-refractivity contribution in [3.63, 3.8) is 0 Å². The first-order valence-corrected chi connectivity index (χ1v) is 10.1. The highest BCUT2D eigenvalue weighted by atomic mass is 16.3. The number of Topliss-reactive ketones (excluding diaryl/α,β-unsaturated/α-hetero) is 1. The maximum Gasteiger partial charge on any atom is 0.250 e. The molecular weight excluding hydrogens is 354 g/mol. The Balaban J connectivity index is 1.72. The van der Waals surface area contributed by atoms with Crippen molar-refractivity contribution in [2.45, 2.75) is 64.0 Å². The number of amides is 1. The smallest absolute Gasteiger partial charge is 0.250 e. The molecule has 28 heavy (non-hydrogen) atoms. The number of hydrogen-bond donors (Lipinski definition) is 3. The predicted octanol–water partition coefficient (Wildman–Crippen LogP) is 3.12.